The maximum absolute atomic E-state index is 5.88. The Morgan fingerprint density at radius 1 is 1.40 bits per heavy atom. The maximum Gasteiger partial charge on any atom is 0.128 e. The van der Waals surface area contributed by atoms with E-state index in [0.29, 0.717) is 12.6 Å². The first-order valence-corrected chi connectivity index (χ1v) is 5.39. The van der Waals surface area contributed by atoms with Crippen molar-refractivity contribution in [3.8, 4) is 0 Å². The molecule has 0 spiro atoms. The Kier molecular flexibility index (Phi) is 2.11. The lowest BCUT2D eigenvalue weighted by atomic mass is 10.2. The first kappa shape index (κ1) is 9.12. The highest BCUT2D eigenvalue weighted by molar-refractivity contribution is 5.45. The monoisotopic (exact) mass is 205 g/mol. The zero-order valence-electron chi connectivity index (χ0n) is 8.65. The average Bonchev–Trinajstić information content (AvgIpc) is 2.84. The van der Waals surface area contributed by atoms with Crippen molar-refractivity contribution in [2.45, 2.75) is 25.7 Å². The van der Waals surface area contributed by atoms with Crippen LogP contribution in [0.25, 0.3) is 0 Å². The molecule has 1 unspecified atom stereocenters. The highest BCUT2D eigenvalue weighted by atomic mass is 16.5. The minimum atomic E-state index is 0.302. The molecule has 1 saturated heterocycles. The van der Waals surface area contributed by atoms with Gasteiger partial charge in [-0.1, -0.05) is 0 Å². The highest BCUT2D eigenvalue weighted by Crippen LogP contribution is 2.24. The molecule has 0 aromatic carbocycles. The van der Waals surface area contributed by atoms with E-state index in [-0.39, 0.29) is 0 Å². The number of hydrogen-bond acceptors (Lipinski definition) is 4. The van der Waals surface area contributed by atoms with E-state index in [0.717, 1.165) is 31.9 Å². The Hall–Kier alpha value is -1.13. The summed E-state index contributed by atoms with van der Waals surface area (Å²) in [5.74, 6) is 1.05. The topological polar surface area (TPSA) is 51.4 Å². The molecule has 2 aliphatic rings. The maximum atomic E-state index is 5.88. The molecule has 0 radical (unpaired) electrons. The Labute approximate surface area is 89.0 Å². The van der Waals surface area contributed by atoms with E-state index in [9.17, 15) is 0 Å². The van der Waals surface area contributed by atoms with Crippen LogP contribution in [0.15, 0.2) is 12.3 Å². The lowest BCUT2D eigenvalue weighted by Crippen LogP contribution is -2.26. The molecule has 0 aliphatic carbocycles. The molecule has 80 valence electrons. The van der Waals surface area contributed by atoms with E-state index in [1.165, 1.54) is 11.1 Å². The van der Waals surface area contributed by atoms with Crippen LogP contribution in [0, 0.1) is 0 Å². The fourth-order valence-corrected chi connectivity index (χ4v) is 2.22. The third-order valence-electron chi connectivity index (χ3n) is 3.13. The lowest BCUT2D eigenvalue weighted by Gasteiger charge is -2.17. The van der Waals surface area contributed by atoms with Crippen LogP contribution in [0.5, 0.6) is 0 Å². The van der Waals surface area contributed by atoms with Crippen molar-refractivity contribution in [1.82, 2.24) is 4.98 Å². The second-order valence-corrected chi connectivity index (χ2v) is 4.30. The lowest BCUT2D eigenvalue weighted by molar-refractivity contribution is 0.134. The minimum Gasteiger partial charge on any atom is -0.372 e. The number of ether oxygens (including phenoxy) is 1. The SMILES string of the molecule is NC1CCN(c2cc3c(cn2)COC3)C1. The van der Waals surface area contributed by atoms with Crippen molar-refractivity contribution in [1.29, 1.82) is 0 Å². The summed E-state index contributed by atoms with van der Waals surface area (Å²) in [5, 5.41) is 0. The summed E-state index contributed by atoms with van der Waals surface area (Å²) in [4.78, 5) is 6.71. The molecule has 1 aromatic heterocycles. The molecule has 0 bridgehead atoms. The van der Waals surface area contributed by atoms with Crippen molar-refractivity contribution in [2.75, 3.05) is 18.0 Å². The molecule has 0 saturated carbocycles. The number of aromatic nitrogens is 1. The molecule has 0 amide bonds. The number of nitrogens with two attached hydrogens (primary N) is 1. The van der Waals surface area contributed by atoms with Crippen LogP contribution in [0.2, 0.25) is 0 Å². The normalized spacial score (nSPS) is 24.6. The van der Waals surface area contributed by atoms with Crippen LogP contribution < -0.4 is 10.6 Å². The number of fused-ring (bicyclic) bond motifs is 1. The number of rotatable bonds is 1. The Bertz CT molecular complexity index is 380. The van der Waals surface area contributed by atoms with Gasteiger partial charge in [-0.25, -0.2) is 4.98 Å². The second kappa shape index (κ2) is 3.47. The standard InChI is InChI=1S/C11H15N3O/c12-10-1-2-14(5-10)11-3-8-6-15-7-9(8)4-13-11/h3-4,10H,1-2,5-7,12H2. The number of nitrogens with zero attached hydrogens (tertiary/aromatic N) is 2. The predicted octanol–water partition coefficient (Wildman–Crippen LogP) is 0.649. The Morgan fingerprint density at radius 2 is 2.27 bits per heavy atom. The van der Waals surface area contributed by atoms with Crippen LogP contribution in [0.1, 0.15) is 17.5 Å². The smallest absolute Gasteiger partial charge is 0.128 e. The first-order chi connectivity index (χ1) is 7.33. The van der Waals surface area contributed by atoms with E-state index in [1.807, 2.05) is 6.20 Å². The van der Waals surface area contributed by atoms with Gasteiger partial charge in [0.1, 0.15) is 5.82 Å². The van der Waals surface area contributed by atoms with Gasteiger partial charge in [-0.2, -0.15) is 0 Å². The van der Waals surface area contributed by atoms with Gasteiger partial charge in [-0.3, -0.25) is 0 Å². The zero-order valence-corrected chi connectivity index (χ0v) is 8.65. The molecule has 3 rings (SSSR count). The van der Waals surface area contributed by atoms with E-state index in [1.54, 1.807) is 0 Å². The molecule has 1 aromatic rings. The molecule has 3 heterocycles. The Morgan fingerprint density at radius 3 is 3.07 bits per heavy atom. The fraction of sp³-hybridized carbons (Fsp3) is 0.545. The van der Waals surface area contributed by atoms with Gasteiger partial charge in [0.05, 0.1) is 13.2 Å². The van der Waals surface area contributed by atoms with E-state index < -0.39 is 0 Å². The van der Waals surface area contributed by atoms with E-state index in [2.05, 4.69) is 16.0 Å². The molecule has 4 nitrogen and oxygen atoms in total. The summed E-state index contributed by atoms with van der Waals surface area (Å²) in [5.41, 5.74) is 8.38. The minimum absolute atomic E-state index is 0.302. The van der Waals surface area contributed by atoms with Crippen molar-refractivity contribution < 1.29 is 4.74 Å². The number of hydrogen-bond donors (Lipinski definition) is 1. The second-order valence-electron chi connectivity index (χ2n) is 4.30. The molecule has 2 N–H and O–H groups in total. The molecular formula is C11H15N3O. The molecular weight excluding hydrogens is 190 g/mol. The van der Waals surface area contributed by atoms with Gasteiger partial charge in [0.2, 0.25) is 0 Å². The van der Waals surface area contributed by atoms with Gasteiger partial charge in [0, 0.05) is 30.9 Å². The van der Waals surface area contributed by atoms with Crippen molar-refractivity contribution >= 4 is 5.82 Å². The predicted molar refractivity (Wildman–Crippen MR) is 57.5 cm³/mol. The van der Waals surface area contributed by atoms with Crippen molar-refractivity contribution in [3.05, 3.63) is 23.4 Å². The third kappa shape index (κ3) is 1.60. The van der Waals surface area contributed by atoms with Gasteiger partial charge in [-0.15, -0.1) is 0 Å². The molecule has 1 fully saturated rings. The summed E-state index contributed by atoms with van der Waals surface area (Å²) >= 11 is 0. The van der Waals surface area contributed by atoms with Gasteiger partial charge in [0.15, 0.2) is 0 Å². The third-order valence-corrected chi connectivity index (χ3v) is 3.13. The quantitative estimate of drug-likeness (QED) is 0.731. The van der Waals surface area contributed by atoms with Crippen molar-refractivity contribution in [2.24, 2.45) is 5.73 Å². The van der Waals surface area contributed by atoms with Gasteiger partial charge in [0.25, 0.3) is 0 Å². The summed E-state index contributed by atoms with van der Waals surface area (Å²) in [6.07, 6.45) is 3.00. The zero-order chi connectivity index (χ0) is 10.3. The summed E-state index contributed by atoms with van der Waals surface area (Å²) < 4.78 is 5.37. The average molecular weight is 205 g/mol. The van der Waals surface area contributed by atoms with Gasteiger partial charge >= 0.3 is 0 Å². The Balaban J connectivity index is 1.87. The van der Waals surface area contributed by atoms with Crippen LogP contribution in [-0.4, -0.2) is 24.1 Å². The van der Waals surface area contributed by atoms with E-state index in [4.69, 9.17) is 10.5 Å². The van der Waals surface area contributed by atoms with E-state index >= 15 is 0 Å². The van der Waals surface area contributed by atoms with Crippen molar-refractivity contribution in [3.63, 3.8) is 0 Å². The summed E-state index contributed by atoms with van der Waals surface area (Å²) in [7, 11) is 0. The van der Waals surface area contributed by atoms with Crippen LogP contribution in [-0.2, 0) is 18.0 Å². The van der Waals surface area contributed by atoms with Crippen LogP contribution in [0.4, 0.5) is 5.82 Å². The van der Waals surface area contributed by atoms with Crippen LogP contribution >= 0.6 is 0 Å². The highest BCUT2D eigenvalue weighted by Gasteiger charge is 2.21. The van der Waals surface area contributed by atoms with Gasteiger partial charge in [-0.05, 0) is 18.1 Å². The largest absolute Gasteiger partial charge is 0.372 e. The number of pyridine rings is 1. The fourth-order valence-electron chi connectivity index (χ4n) is 2.22. The molecule has 1 atom stereocenters. The summed E-state index contributed by atoms with van der Waals surface area (Å²) in [6, 6.07) is 2.44. The molecule has 4 heteroatoms. The molecule has 15 heavy (non-hydrogen) atoms. The summed E-state index contributed by atoms with van der Waals surface area (Å²) in [6.45, 7) is 3.38. The molecule has 2 aliphatic heterocycles. The van der Waals surface area contributed by atoms with Gasteiger partial charge < -0.3 is 15.4 Å². The first-order valence-electron chi connectivity index (χ1n) is 5.39. The van der Waals surface area contributed by atoms with Crippen LogP contribution in [0.3, 0.4) is 0 Å². The number of anilines is 1.